The van der Waals surface area contributed by atoms with Crippen LogP contribution in [-0.4, -0.2) is 68.6 Å². The summed E-state index contributed by atoms with van der Waals surface area (Å²) < 4.78 is 22.8. The number of carboxylic acid groups (broad SMARTS) is 1. The number of likely N-dealkylation sites (N-methyl/N-ethyl adjacent to an activating group) is 1. The molecule has 0 spiro atoms. The summed E-state index contributed by atoms with van der Waals surface area (Å²) in [5.74, 6) is -0.433. The molecule has 1 rings (SSSR count). The molecule has 0 radical (unpaired) electrons. The maximum absolute atomic E-state index is 11.4. The second-order valence-electron chi connectivity index (χ2n) is 4.32. The van der Waals surface area contributed by atoms with Crippen LogP contribution in [0, 0.1) is 0 Å². The number of hydrogen-bond acceptors (Lipinski definition) is 5. The number of carbonyl (C=O) groups is 1. The highest BCUT2D eigenvalue weighted by atomic mass is 32.2. The Balaban J connectivity index is 2.39. The molecule has 1 unspecified atom stereocenters. The maximum atomic E-state index is 11.4. The van der Waals surface area contributed by atoms with Gasteiger partial charge >= 0.3 is 5.97 Å². The SMILES string of the molecule is CNC(CCN1CCCS(=O)(=O)CC1)C(=O)O. The van der Waals surface area contributed by atoms with Gasteiger partial charge in [0, 0.05) is 13.1 Å². The lowest BCUT2D eigenvalue weighted by atomic mass is 10.2. The normalized spacial score (nSPS) is 22.9. The Morgan fingerprint density at radius 2 is 2.12 bits per heavy atom. The third-order valence-corrected chi connectivity index (χ3v) is 4.74. The monoisotopic (exact) mass is 264 g/mol. The third kappa shape index (κ3) is 5.01. The van der Waals surface area contributed by atoms with E-state index in [-0.39, 0.29) is 11.5 Å². The van der Waals surface area contributed by atoms with E-state index in [2.05, 4.69) is 5.32 Å². The second kappa shape index (κ2) is 6.32. The summed E-state index contributed by atoms with van der Waals surface area (Å²) in [5.41, 5.74) is 0. The van der Waals surface area contributed by atoms with Gasteiger partial charge in [-0.15, -0.1) is 0 Å². The van der Waals surface area contributed by atoms with Crippen LogP contribution in [0.3, 0.4) is 0 Å². The van der Waals surface area contributed by atoms with Crippen LogP contribution in [-0.2, 0) is 14.6 Å². The van der Waals surface area contributed by atoms with Crippen molar-refractivity contribution in [3.8, 4) is 0 Å². The smallest absolute Gasteiger partial charge is 0.320 e. The van der Waals surface area contributed by atoms with E-state index in [1.807, 2.05) is 4.90 Å². The van der Waals surface area contributed by atoms with Crippen LogP contribution >= 0.6 is 0 Å². The Morgan fingerprint density at radius 1 is 1.41 bits per heavy atom. The Labute approximate surface area is 102 Å². The minimum absolute atomic E-state index is 0.185. The zero-order valence-electron chi connectivity index (χ0n) is 10.1. The molecular weight excluding hydrogens is 244 g/mol. The first-order valence-corrected chi connectivity index (χ1v) is 7.59. The van der Waals surface area contributed by atoms with Gasteiger partial charge in [-0.2, -0.15) is 0 Å². The van der Waals surface area contributed by atoms with Crippen molar-refractivity contribution >= 4 is 15.8 Å². The van der Waals surface area contributed by atoms with E-state index >= 15 is 0 Å². The van der Waals surface area contributed by atoms with E-state index < -0.39 is 21.8 Å². The zero-order valence-corrected chi connectivity index (χ0v) is 10.9. The summed E-state index contributed by atoms with van der Waals surface area (Å²) in [5, 5.41) is 11.6. The molecule has 0 amide bonds. The lowest BCUT2D eigenvalue weighted by Crippen LogP contribution is -2.38. The molecule has 100 valence electrons. The molecule has 0 aromatic rings. The van der Waals surface area contributed by atoms with Gasteiger partial charge in [0.2, 0.25) is 0 Å². The number of carboxylic acids is 1. The molecule has 0 aromatic heterocycles. The molecule has 1 aliphatic rings. The Kier molecular flexibility index (Phi) is 5.35. The van der Waals surface area contributed by atoms with E-state index in [4.69, 9.17) is 5.11 Å². The zero-order chi connectivity index (χ0) is 12.9. The van der Waals surface area contributed by atoms with Crippen LogP contribution < -0.4 is 5.32 Å². The van der Waals surface area contributed by atoms with Crippen molar-refractivity contribution in [3.63, 3.8) is 0 Å². The fraction of sp³-hybridized carbons (Fsp3) is 0.900. The van der Waals surface area contributed by atoms with Gasteiger partial charge in [-0.25, -0.2) is 8.42 Å². The summed E-state index contributed by atoms with van der Waals surface area (Å²) in [6.45, 7) is 1.86. The number of sulfone groups is 1. The number of aliphatic carboxylic acids is 1. The van der Waals surface area contributed by atoms with Crippen molar-refractivity contribution in [1.82, 2.24) is 10.2 Å². The van der Waals surface area contributed by atoms with Gasteiger partial charge in [-0.3, -0.25) is 4.79 Å². The topological polar surface area (TPSA) is 86.7 Å². The quantitative estimate of drug-likeness (QED) is 0.674. The van der Waals surface area contributed by atoms with Crippen LogP contribution in [0.5, 0.6) is 0 Å². The van der Waals surface area contributed by atoms with Gasteiger partial charge in [0.15, 0.2) is 9.84 Å². The predicted molar refractivity (Wildman–Crippen MR) is 64.8 cm³/mol. The first kappa shape index (κ1) is 14.4. The lowest BCUT2D eigenvalue weighted by molar-refractivity contribution is -0.139. The number of rotatable bonds is 5. The molecule has 1 aliphatic heterocycles. The summed E-state index contributed by atoms with van der Waals surface area (Å²) >= 11 is 0. The maximum Gasteiger partial charge on any atom is 0.320 e. The largest absolute Gasteiger partial charge is 0.480 e. The van der Waals surface area contributed by atoms with Gasteiger partial charge in [-0.05, 0) is 26.4 Å². The number of hydrogen-bond donors (Lipinski definition) is 2. The molecule has 1 saturated heterocycles. The van der Waals surface area contributed by atoms with Gasteiger partial charge in [0.1, 0.15) is 6.04 Å². The number of nitrogens with zero attached hydrogens (tertiary/aromatic N) is 1. The summed E-state index contributed by atoms with van der Waals surface area (Å²) in [4.78, 5) is 12.8. The van der Waals surface area contributed by atoms with Gasteiger partial charge < -0.3 is 15.3 Å². The first-order chi connectivity index (χ1) is 7.94. The molecule has 6 nitrogen and oxygen atoms in total. The van der Waals surface area contributed by atoms with Crippen molar-refractivity contribution in [2.45, 2.75) is 18.9 Å². The molecule has 0 aromatic carbocycles. The molecule has 0 aliphatic carbocycles. The molecule has 7 heteroatoms. The van der Waals surface area contributed by atoms with E-state index in [1.54, 1.807) is 7.05 Å². The molecule has 0 bridgehead atoms. The molecule has 17 heavy (non-hydrogen) atoms. The molecule has 2 N–H and O–H groups in total. The number of nitrogens with one attached hydrogen (secondary N) is 1. The highest BCUT2D eigenvalue weighted by Gasteiger charge is 2.21. The average molecular weight is 264 g/mol. The van der Waals surface area contributed by atoms with Crippen molar-refractivity contribution in [2.75, 3.05) is 38.2 Å². The lowest BCUT2D eigenvalue weighted by Gasteiger charge is -2.21. The molecule has 1 heterocycles. The third-order valence-electron chi connectivity index (χ3n) is 3.03. The fourth-order valence-corrected chi connectivity index (χ4v) is 3.23. The van der Waals surface area contributed by atoms with Crippen molar-refractivity contribution in [2.24, 2.45) is 0 Å². The predicted octanol–water partition coefficient (Wildman–Crippen LogP) is -0.830. The Morgan fingerprint density at radius 3 is 2.71 bits per heavy atom. The fourth-order valence-electron chi connectivity index (χ4n) is 1.92. The average Bonchev–Trinajstić information content (AvgIpc) is 2.40. The Hall–Kier alpha value is -0.660. The Bertz CT molecular complexity index is 355. The summed E-state index contributed by atoms with van der Waals surface area (Å²) in [7, 11) is -1.27. The summed E-state index contributed by atoms with van der Waals surface area (Å²) in [6.07, 6.45) is 1.13. The van der Waals surface area contributed by atoms with Gasteiger partial charge in [-0.1, -0.05) is 0 Å². The van der Waals surface area contributed by atoms with Gasteiger partial charge in [0.05, 0.1) is 11.5 Å². The minimum atomic E-state index is -2.89. The van der Waals surface area contributed by atoms with Crippen LogP contribution in [0.25, 0.3) is 0 Å². The molecule has 0 saturated carbocycles. The summed E-state index contributed by atoms with van der Waals surface area (Å²) in [6, 6.07) is -0.560. The van der Waals surface area contributed by atoms with E-state index in [1.165, 1.54) is 0 Å². The molecule has 1 fully saturated rings. The van der Waals surface area contributed by atoms with E-state index in [0.29, 0.717) is 25.9 Å². The van der Waals surface area contributed by atoms with E-state index in [0.717, 1.165) is 6.54 Å². The minimum Gasteiger partial charge on any atom is -0.480 e. The van der Waals surface area contributed by atoms with E-state index in [9.17, 15) is 13.2 Å². The highest BCUT2D eigenvalue weighted by Crippen LogP contribution is 2.06. The van der Waals surface area contributed by atoms with Crippen molar-refractivity contribution in [1.29, 1.82) is 0 Å². The molecular formula is C10H20N2O4S. The van der Waals surface area contributed by atoms with Crippen molar-refractivity contribution in [3.05, 3.63) is 0 Å². The van der Waals surface area contributed by atoms with Gasteiger partial charge in [0.25, 0.3) is 0 Å². The highest BCUT2D eigenvalue weighted by molar-refractivity contribution is 7.91. The van der Waals surface area contributed by atoms with Crippen LogP contribution in [0.2, 0.25) is 0 Å². The van der Waals surface area contributed by atoms with Crippen LogP contribution in [0.4, 0.5) is 0 Å². The van der Waals surface area contributed by atoms with Crippen molar-refractivity contribution < 1.29 is 18.3 Å². The molecule has 1 atom stereocenters. The first-order valence-electron chi connectivity index (χ1n) is 5.77. The second-order valence-corrected chi connectivity index (χ2v) is 6.62. The van der Waals surface area contributed by atoms with Crippen LogP contribution in [0.15, 0.2) is 0 Å². The standard InChI is InChI=1S/C10H20N2O4S/c1-11-9(10(13)14)3-5-12-4-2-7-17(15,16)8-6-12/h9,11H,2-8H2,1H3,(H,13,14). The van der Waals surface area contributed by atoms with Crippen LogP contribution in [0.1, 0.15) is 12.8 Å².